The van der Waals surface area contributed by atoms with Gasteiger partial charge in [-0.05, 0) is 62.6 Å². The van der Waals surface area contributed by atoms with Crippen molar-refractivity contribution in [1.29, 1.82) is 0 Å². The molecule has 0 unspecified atom stereocenters. The lowest BCUT2D eigenvalue weighted by atomic mass is 10.0. The Labute approximate surface area is 156 Å². The molecule has 1 amide bonds. The number of hydrogen-bond donors (Lipinski definition) is 0. The SMILES string of the molecule is CCN(C(=O)CN1CCC[C@@H]1c1ccc(OC)cc1)c1ccccc1C. The zero-order valence-electron chi connectivity index (χ0n) is 15.9. The van der Waals surface area contributed by atoms with E-state index in [0.29, 0.717) is 19.1 Å². The zero-order chi connectivity index (χ0) is 18.5. The molecule has 0 aromatic heterocycles. The van der Waals surface area contributed by atoms with Crippen molar-refractivity contribution in [3.05, 3.63) is 59.7 Å². The smallest absolute Gasteiger partial charge is 0.241 e. The number of ether oxygens (including phenoxy) is 1. The zero-order valence-corrected chi connectivity index (χ0v) is 15.9. The van der Waals surface area contributed by atoms with Crippen LogP contribution >= 0.6 is 0 Å². The number of para-hydroxylation sites is 1. The Bertz CT molecular complexity index is 742. The van der Waals surface area contributed by atoms with Gasteiger partial charge in [0, 0.05) is 18.3 Å². The molecule has 1 aliphatic rings. The molecule has 2 aromatic rings. The summed E-state index contributed by atoms with van der Waals surface area (Å²) in [6.45, 7) is 6.20. The van der Waals surface area contributed by atoms with E-state index < -0.39 is 0 Å². The maximum absolute atomic E-state index is 13.0. The van der Waals surface area contributed by atoms with E-state index in [1.807, 2.05) is 42.2 Å². The highest BCUT2D eigenvalue weighted by Crippen LogP contribution is 2.33. The van der Waals surface area contributed by atoms with Gasteiger partial charge < -0.3 is 9.64 Å². The Morgan fingerprint density at radius 1 is 1.19 bits per heavy atom. The molecule has 4 nitrogen and oxygen atoms in total. The molecule has 0 N–H and O–H groups in total. The summed E-state index contributed by atoms with van der Waals surface area (Å²) in [5.41, 5.74) is 3.41. The number of nitrogens with zero attached hydrogens (tertiary/aromatic N) is 2. The molecule has 138 valence electrons. The minimum absolute atomic E-state index is 0.169. The number of rotatable bonds is 6. The maximum atomic E-state index is 13.0. The molecular weight excluding hydrogens is 324 g/mol. The molecule has 1 saturated heterocycles. The average Bonchev–Trinajstić information content (AvgIpc) is 3.12. The standard InChI is InChI=1S/C22H28N2O2/c1-4-24(20-9-6-5-8-17(20)2)22(25)16-23-15-7-10-21(23)18-11-13-19(26-3)14-12-18/h5-6,8-9,11-14,21H,4,7,10,15-16H2,1-3H3/t21-/m1/s1. The van der Waals surface area contributed by atoms with Crippen LogP contribution in [0.5, 0.6) is 5.75 Å². The highest BCUT2D eigenvalue weighted by molar-refractivity contribution is 5.95. The molecule has 0 bridgehead atoms. The predicted molar refractivity (Wildman–Crippen MR) is 106 cm³/mol. The highest BCUT2D eigenvalue weighted by atomic mass is 16.5. The van der Waals surface area contributed by atoms with Crippen LogP contribution in [0.25, 0.3) is 0 Å². The predicted octanol–water partition coefficient (Wildman–Crippen LogP) is 4.19. The summed E-state index contributed by atoms with van der Waals surface area (Å²) < 4.78 is 5.26. The van der Waals surface area contributed by atoms with Crippen molar-refractivity contribution in [1.82, 2.24) is 4.90 Å². The first kappa shape index (κ1) is 18.5. The van der Waals surface area contributed by atoms with Crippen molar-refractivity contribution >= 4 is 11.6 Å². The second-order valence-electron chi connectivity index (χ2n) is 6.83. The first-order chi connectivity index (χ1) is 12.6. The van der Waals surface area contributed by atoms with Gasteiger partial charge in [0.25, 0.3) is 0 Å². The molecule has 0 saturated carbocycles. The molecule has 4 heteroatoms. The van der Waals surface area contributed by atoms with Gasteiger partial charge >= 0.3 is 0 Å². The first-order valence-electron chi connectivity index (χ1n) is 9.38. The third kappa shape index (κ3) is 3.91. The van der Waals surface area contributed by atoms with E-state index in [0.717, 1.165) is 36.4 Å². The van der Waals surface area contributed by atoms with Crippen molar-refractivity contribution in [2.24, 2.45) is 0 Å². The van der Waals surface area contributed by atoms with Crippen molar-refractivity contribution < 1.29 is 9.53 Å². The summed E-state index contributed by atoms with van der Waals surface area (Å²) in [5, 5.41) is 0. The molecule has 0 radical (unpaired) electrons. The molecule has 1 heterocycles. The third-order valence-corrected chi connectivity index (χ3v) is 5.23. The van der Waals surface area contributed by atoms with Crippen LogP contribution in [-0.4, -0.2) is 37.6 Å². The second-order valence-corrected chi connectivity index (χ2v) is 6.83. The highest BCUT2D eigenvalue weighted by Gasteiger charge is 2.29. The van der Waals surface area contributed by atoms with E-state index in [-0.39, 0.29) is 5.91 Å². The van der Waals surface area contributed by atoms with Gasteiger partial charge in [-0.1, -0.05) is 30.3 Å². The number of methoxy groups -OCH3 is 1. The summed E-state index contributed by atoms with van der Waals surface area (Å²) in [4.78, 5) is 17.2. The fraction of sp³-hybridized carbons (Fsp3) is 0.409. The number of likely N-dealkylation sites (tertiary alicyclic amines) is 1. The van der Waals surface area contributed by atoms with Gasteiger partial charge in [-0.3, -0.25) is 9.69 Å². The number of aryl methyl sites for hydroxylation is 1. The minimum Gasteiger partial charge on any atom is -0.497 e. The summed E-state index contributed by atoms with van der Waals surface area (Å²) >= 11 is 0. The van der Waals surface area contributed by atoms with Crippen LogP contribution in [0.1, 0.15) is 36.9 Å². The monoisotopic (exact) mass is 352 g/mol. The molecule has 3 rings (SSSR count). The summed E-state index contributed by atoms with van der Waals surface area (Å²) in [5.74, 6) is 1.04. The van der Waals surface area contributed by atoms with Crippen LogP contribution in [0, 0.1) is 6.92 Å². The lowest BCUT2D eigenvalue weighted by Gasteiger charge is -2.29. The largest absolute Gasteiger partial charge is 0.497 e. The molecule has 0 aliphatic carbocycles. The van der Waals surface area contributed by atoms with Crippen LogP contribution in [0.15, 0.2) is 48.5 Å². The lowest BCUT2D eigenvalue weighted by Crippen LogP contribution is -2.40. The third-order valence-electron chi connectivity index (χ3n) is 5.23. The Morgan fingerprint density at radius 3 is 2.58 bits per heavy atom. The second kappa shape index (κ2) is 8.37. The summed E-state index contributed by atoms with van der Waals surface area (Å²) in [6, 6.07) is 16.6. The van der Waals surface area contributed by atoms with Crippen molar-refractivity contribution in [3.63, 3.8) is 0 Å². The van der Waals surface area contributed by atoms with Crippen molar-refractivity contribution in [2.75, 3.05) is 31.6 Å². The van der Waals surface area contributed by atoms with Gasteiger partial charge in [-0.2, -0.15) is 0 Å². The number of anilines is 1. The molecule has 1 atom stereocenters. The Morgan fingerprint density at radius 2 is 1.92 bits per heavy atom. The summed E-state index contributed by atoms with van der Waals surface area (Å²) in [6.07, 6.45) is 2.22. The maximum Gasteiger partial charge on any atom is 0.241 e. The van der Waals surface area contributed by atoms with Crippen molar-refractivity contribution in [3.8, 4) is 5.75 Å². The normalized spacial score (nSPS) is 17.3. The van der Waals surface area contributed by atoms with E-state index in [1.165, 1.54) is 5.56 Å². The number of benzene rings is 2. The Hall–Kier alpha value is -2.33. The fourth-order valence-corrected chi connectivity index (χ4v) is 3.83. The lowest BCUT2D eigenvalue weighted by molar-refractivity contribution is -0.119. The van der Waals surface area contributed by atoms with E-state index in [4.69, 9.17) is 4.74 Å². The molecule has 2 aromatic carbocycles. The molecular formula is C22H28N2O2. The van der Waals surface area contributed by atoms with Gasteiger partial charge in [0.15, 0.2) is 0 Å². The van der Waals surface area contributed by atoms with E-state index >= 15 is 0 Å². The molecule has 1 aliphatic heterocycles. The number of likely N-dealkylation sites (N-methyl/N-ethyl adjacent to an activating group) is 1. The Kier molecular flexibility index (Phi) is 5.94. The van der Waals surface area contributed by atoms with Gasteiger partial charge in [-0.25, -0.2) is 0 Å². The van der Waals surface area contributed by atoms with Crippen LogP contribution < -0.4 is 9.64 Å². The van der Waals surface area contributed by atoms with Gasteiger partial charge in [0.05, 0.1) is 13.7 Å². The van der Waals surface area contributed by atoms with Crippen LogP contribution in [0.2, 0.25) is 0 Å². The summed E-state index contributed by atoms with van der Waals surface area (Å²) in [7, 11) is 1.68. The number of hydrogen-bond acceptors (Lipinski definition) is 3. The molecule has 26 heavy (non-hydrogen) atoms. The quantitative estimate of drug-likeness (QED) is 0.781. The van der Waals surface area contributed by atoms with Gasteiger partial charge in [0.2, 0.25) is 5.91 Å². The number of amides is 1. The number of carbonyl (C=O) groups excluding carboxylic acids is 1. The van der Waals surface area contributed by atoms with E-state index in [2.05, 4.69) is 30.0 Å². The van der Waals surface area contributed by atoms with Crippen molar-refractivity contribution in [2.45, 2.75) is 32.7 Å². The Balaban J connectivity index is 1.73. The first-order valence-corrected chi connectivity index (χ1v) is 9.38. The molecule has 1 fully saturated rings. The average molecular weight is 352 g/mol. The number of carbonyl (C=O) groups is 1. The fourth-order valence-electron chi connectivity index (χ4n) is 3.83. The topological polar surface area (TPSA) is 32.8 Å². The van der Waals surface area contributed by atoms with Gasteiger partial charge in [0.1, 0.15) is 5.75 Å². The van der Waals surface area contributed by atoms with Crippen LogP contribution in [-0.2, 0) is 4.79 Å². The molecule has 0 spiro atoms. The van der Waals surface area contributed by atoms with E-state index in [9.17, 15) is 4.79 Å². The van der Waals surface area contributed by atoms with Gasteiger partial charge in [-0.15, -0.1) is 0 Å². The van der Waals surface area contributed by atoms with Crippen LogP contribution in [0.4, 0.5) is 5.69 Å². The van der Waals surface area contributed by atoms with E-state index in [1.54, 1.807) is 7.11 Å². The minimum atomic E-state index is 0.169. The van der Waals surface area contributed by atoms with Crippen LogP contribution in [0.3, 0.4) is 0 Å².